The highest BCUT2D eigenvalue weighted by Gasteiger charge is 2.01. The maximum atomic E-state index is 10.6. The average molecular weight is 354 g/mol. The molecule has 0 unspecified atom stereocenters. The molecule has 0 spiro atoms. The topological polar surface area (TPSA) is 49.3 Å². The molecule has 0 aliphatic rings. The number of aliphatic carboxylic acids is 1. The van der Waals surface area contributed by atoms with Gasteiger partial charge in [-0.1, -0.05) is 24.3 Å². The summed E-state index contributed by atoms with van der Waals surface area (Å²) in [6.45, 7) is 1.74. The monoisotopic (exact) mass is 353 g/mol. The molecule has 0 fully saturated rings. The van der Waals surface area contributed by atoms with Gasteiger partial charge in [0, 0.05) is 18.0 Å². The van der Waals surface area contributed by atoms with Crippen molar-refractivity contribution in [3.8, 4) is 0 Å². The summed E-state index contributed by atoms with van der Waals surface area (Å²) < 4.78 is 1.17. The largest absolute Gasteiger partial charge is 0.481 e. The van der Waals surface area contributed by atoms with Crippen LogP contribution in [0.1, 0.15) is 16.0 Å². The lowest BCUT2D eigenvalue weighted by Gasteiger charge is -2.05. The minimum atomic E-state index is -0.794. The first-order valence-electron chi connectivity index (χ1n) is 6.38. The Bertz CT molecular complexity index is 566. The number of thiophene rings is 1. The van der Waals surface area contributed by atoms with Crippen LogP contribution in [-0.2, 0) is 24.2 Å². The van der Waals surface area contributed by atoms with Crippen molar-refractivity contribution in [2.24, 2.45) is 0 Å². The Hall–Kier alpha value is -1.17. The number of halogens is 1. The molecule has 0 radical (unpaired) electrons. The summed E-state index contributed by atoms with van der Waals surface area (Å²) in [6.07, 6.45) is 1.11. The molecule has 0 bridgehead atoms. The first-order chi connectivity index (χ1) is 9.63. The summed E-state index contributed by atoms with van der Waals surface area (Å²) in [7, 11) is 0. The van der Waals surface area contributed by atoms with Gasteiger partial charge in [0.2, 0.25) is 0 Å². The van der Waals surface area contributed by atoms with Gasteiger partial charge in [0.25, 0.3) is 0 Å². The molecular formula is C15H16BrNO2S. The lowest BCUT2D eigenvalue weighted by molar-refractivity contribution is -0.136. The standard InChI is InChI=1S/C15H16BrNO2S/c16-14-6-5-13(20-14)7-8-17-10-12-3-1-11(2-4-12)9-15(18)19/h1-6,17H,7-10H2,(H,18,19). The molecule has 3 nitrogen and oxygen atoms in total. The van der Waals surface area contributed by atoms with E-state index < -0.39 is 5.97 Å². The van der Waals surface area contributed by atoms with Crippen LogP contribution in [0.3, 0.4) is 0 Å². The zero-order chi connectivity index (χ0) is 14.4. The van der Waals surface area contributed by atoms with Crippen molar-refractivity contribution >= 4 is 33.2 Å². The van der Waals surface area contributed by atoms with Gasteiger partial charge >= 0.3 is 5.97 Å². The van der Waals surface area contributed by atoms with Gasteiger partial charge in [0.15, 0.2) is 0 Å². The number of hydrogen-bond acceptors (Lipinski definition) is 3. The number of nitrogens with one attached hydrogen (secondary N) is 1. The van der Waals surface area contributed by atoms with Crippen LogP contribution in [0, 0.1) is 0 Å². The van der Waals surface area contributed by atoms with Crippen LogP contribution in [0.2, 0.25) is 0 Å². The highest BCUT2D eigenvalue weighted by molar-refractivity contribution is 9.11. The van der Waals surface area contributed by atoms with E-state index in [1.165, 1.54) is 14.2 Å². The molecule has 106 valence electrons. The van der Waals surface area contributed by atoms with Crippen molar-refractivity contribution in [1.82, 2.24) is 5.32 Å². The first kappa shape index (κ1) is 15.2. The predicted molar refractivity (Wildman–Crippen MR) is 85.2 cm³/mol. The second-order valence-electron chi connectivity index (χ2n) is 4.52. The van der Waals surface area contributed by atoms with Gasteiger partial charge in [0.1, 0.15) is 0 Å². The van der Waals surface area contributed by atoms with E-state index >= 15 is 0 Å². The summed E-state index contributed by atoms with van der Waals surface area (Å²) in [5.74, 6) is -0.794. The SMILES string of the molecule is O=C(O)Cc1ccc(CNCCc2ccc(Br)s2)cc1. The molecular weight excluding hydrogens is 338 g/mol. The zero-order valence-corrected chi connectivity index (χ0v) is 13.3. The predicted octanol–water partition coefficient (Wildman–Crippen LogP) is 3.47. The molecule has 2 rings (SSSR count). The second-order valence-corrected chi connectivity index (χ2v) is 7.07. The van der Waals surface area contributed by atoms with Crippen molar-refractivity contribution in [3.05, 3.63) is 56.2 Å². The molecule has 0 amide bonds. The van der Waals surface area contributed by atoms with Crippen molar-refractivity contribution in [3.63, 3.8) is 0 Å². The van der Waals surface area contributed by atoms with Gasteiger partial charge in [0.05, 0.1) is 10.2 Å². The minimum absolute atomic E-state index is 0.0843. The minimum Gasteiger partial charge on any atom is -0.481 e. The highest BCUT2D eigenvalue weighted by atomic mass is 79.9. The molecule has 0 aliphatic carbocycles. The van der Waals surface area contributed by atoms with E-state index in [2.05, 4.69) is 33.4 Å². The van der Waals surface area contributed by atoms with Crippen LogP contribution in [0.15, 0.2) is 40.2 Å². The summed E-state index contributed by atoms with van der Waals surface area (Å²) >= 11 is 5.22. The van der Waals surface area contributed by atoms with E-state index in [-0.39, 0.29) is 6.42 Å². The van der Waals surface area contributed by atoms with Crippen LogP contribution in [0.4, 0.5) is 0 Å². The van der Waals surface area contributed by atoms with Crippen molar-refractivity contribution < 1.29 is 9.90 Å². The van der Waals surface area contributed by atoms with E-state index in [9.17, 15) is 4.79 Å². The number of hydrogen-bond donors (Lipinski definition) is 2. The summed E-state index contributed by atoms with van der Waals surface area (Å²) in [5, 5.41) is 12.1. The van der Waals surface area contributed by atoms with Crippen LogP contribution in [0.25, 0.3) is 0 Å². The fourth-order valence-corrected chi connectivity index (χ4v) is 3.36. The van der Waals surface area contributed by atoms with Gasteiger partial charge in [-0.25, -0.2) is 0 Å². The lowest BCUT2D eigenvalue weighted by Crippen LogP contribution is -2.16. The Kier molecular flexibility index (Phi) is 5.76. The quantitative estimate of drug-likeness (QED) is 0.749. The van der Waals surface area contributed by atoms with Crippen molar-refractivity contribution in [2.45, 2.75) is 19.4 Å². The Morgan fingerprint density at radius 2 is 1.85 bits per heavy atom. The third-order valence-electron chi connectivity index (χ3n) is 2.88. The van der Waals surface area contributed by atoms with Gasteiger partial charge < -0.3 is 10.4 Å². The Balaban J connectivity index is 1.72. The summed E-state index contributed by atoms with van der Waals surface area (Å²) in [6, 6.07) is 11.9. The van der Waals surface area contributed by atoms with E-state index in [0.29, 0.717) is 0 Å². The number of carboxylic acid groups (broad SMARTS) is 1. The summed E-state index contributed by atoms with van der Waals surface area (Å²) in [5.41, 5.74) is 2.01. The second kappa shape index (κ2) is 7.57. The molecule has 0 saturated heterocycles. The molecule has 2 aromatic rings. The van der Waals surface area contributed by atoms with Gasteiger partial charge in [-0.3, -0.25) is 4.79 Å². The van der Waals surface area contributed by atoms with E-state index in [4.69, 9.17) is 5.11 Å². The van der Waals surface area contributed by atoms with Crippen LogP contribution < -0.4 is 5.32 Å². The number of carbonyl (C=O) groups is 1. The molecule has 1 aromatic carbocycles. The zero-order valence-electron chi connectivity index (χ0n) is 10.9. The Labute approximate surface area is 130 Å². The Morgan fingerprint density at radius 3 is 2.45 bits per heavy atom. The molecule has 0 saturated carbocycles. The fraction of sp³-hybridized carbons (Fsp3) is 0.267. The normalized spacial score (nSPS) is 10.7. The maximum absolute atomic E-state index is 10.6. The first-order valence-corrected chi connectivity index (χ1v) is 7.99. The van der Waals surface area contributed by atoms with Crippen molar-refractivity contribution in [1.29, 1.82) is 0 Å². The van der Waals surface area contributed by atoms with E-state index in [1.54, 1.807) is 11.3 Å². The molecule has 1 aromatic heterocycles. The molecule has 2 N–H and O–H groups in total. The number of rotatable bonds is 7. The number of benzene rings is 1. The molecule has 1 heterocycles. The average Bonchev–Trinajstić information content (AvgIpc) is 2.82. The number of carboxylic acids is 1. The lowest BCUT2D eigenvalue weighted by atomic mass is 10.1. The third-order valence-corrected chi connectivity index (χ3v) is 4.57. The van der Waals surface area contributed by atoms with Gasteiger partial charge in [-0.2, -0.15) is 0 Å². The molecule has 5 heteroatoms. The molecule has 0 aliphatic heterocycles. The highest BCUT2D eigenvalue weighted by Crippen LogP contribution is 2.22. The summed E-state index contributed by atoms with van der Waals surface area (Å²) in [4.78, 5) is 11.9. The van der Waals surface area contributed by atoms with Crippen LogP contribution >= 0.6 is 27.3 Å². The molecule has 20 heavy (non-hydrogen) atoms. The van der Waals surface area contributed by atoms with Gasteiger partial charge in [-0.05, 0) is 45.6 Å². The van der Waals surface area contributed by atoms with E-state index in [0.717, 1.165) is 25.1 Å². The third kappa shape index (κ3) is 5.07. The van der Waals surface area contributed by atoms with Crippen LogP contribution in [-0.4, -0.2) is 17.6 Å². The molecule has 0 atom stereocenters. The maximum Gasteiger partial charge on any atom is 0.307 e. The van der Waals surface area contributed by atoms with Crippen LogP contribution in [0.5, 0.6) is 0 Å². The fourth-order valence-electron chi connectivity index (χ4n) is 1.88. The van der Waals surface area contributed by atoms with Gasteiger partial charge in [-0.15, -0.1) is 11.3 Å². The smallest absolute Gasteiger partial charge is 0.307 e. The van der Waals surface area contributed by atoms with Crippen molar-refractivity contribution in [2.75, 3.05) is 6.54 Å². The Morgan fingerprint density at radius 1 is 1.15 bits per heavy atom. The van der Waals surface area contributed by atoms with E-state index in [1.807, 2.05) is 24.3 Å².